The van der Waals surface area contributed by atoms with Gasteiger partial charge in [-0.2, -0.15) is 4.74 Å². The number of nitrogens with zero attached hydrogens (tertiary/aromatic N) is 1. The lowest BCUT2D eigenvalue weighted by Crippen LogP contribution is -2.48. The molecule has 1 atom stereocenters. The van der Waals surface area contributed by atoms with Crippen LogP contribution >= 0.6 is 0 Å². The Kier molecular flexibility index (Phi) is 9.04. The molecular weight excluding hydrogens is 302 g/mol. The second kappa shape index (κ2) is 10.8. The highest BCUT2D eigenvalue weighted by molar-refractivity contribution is 5.95. The average molecular weight is 329 g/mol. The summed E-state index contributed by atoms with van der Waals surface area (Å²) in [5.74, 6) is -0.734. The fourth-order valence-corrected chi connectivity index (χ4v) is 2.39. The number of hydroxylamine groups is 1. The summed E-state index contributed by atoms with van der Waals surface area (Å²) in [6.07, 6.45) is 5.84. The molecule has 0 bridgehead atoms. The summed E-state index contributed by atoms with van der Waals surface area (Å²) in [5.41, 5.74) is 0. The maximum Gasteiger partial charge on any atom is 0.476 e. The van der Waals surface area contributed by atoms with Crippen molar-refractivity contribution in [2.75, 3.05) is 13.2 Å². The SMILES string of the molecule is CC1CCCCCCCCC(=O)N/C(=[N+](\[O-])C(=O)O)NCCO1. The van der Waals surface area contributed by atoms with Gasteiger partial charge >= 0.3 is 12.1 Å². The number of ether oxygens (including phenoxy) is 1. The maximum absolute atomic E-state index is 11.8. The molecular formula is C15H27N3O5. The number of hydrogen-bond donors (Lipinski definition) is 3. The zero-order valence-electron chi connectivity index (χ0n) is 13.7. The van der Waals surface area contributed by atoms with E-state index in [0.29, 0.717) is 6.61 Å². The number of carbonyl (C=O) groups excluding carboxylic acids is 1. The quantitative estimate of drug-likeness (QED) is 0.354. The Bertz CT molecular complexity index is 425. The van der Waals surface area contributed by atoms with Crippen molar-refractivity contribution in [3.8, 4) is 0 Å². The van der Waals surface area contributed by atoms with Gasteiger partial charge in [0.1, 0.15) is 0 Å². The Labute approximate surface area is 136 Å². The molecule has 1 unspecified atom stereocenters. The van der Waals surface area contributed by atoms with Crippen LogP contribution < -0.4 is 10.6 Å². The van der Waals surface area contributed by atoms with Gasteiger partial charge in [-0.25, -0.2) is 10.1 Å². The van der Waals surface area contributed by atoms with E-state index in [1.165, 1.54) is 6.42 Å². The Morgan fingerprint density at radius 3 is 2.61 bits per heavy atom. The molecule has 0 aromatic heterocycles. The van der Waals surface area contributed by atoms with Crippen molar-refractivity contribution in [1.29, 1.82) is 0 Å². The molecule has 0 radical (unpaired) electrons. The molecule has 1 heterocycles. The Hall–Kier alpha value is -1.83. The maximum atomic E-state index is 11.8. The van der Waals surface area contributed by atoms with E-state index < -0.39 is 6.09 Å². The zero-order valence-corrected chi connectivity index (χ0v) is 13.7. The van der Waals surface area contributed by atoms with E-state index >= 15 is 0 Å². The topological polar surface area (TPSA) is 114 Å². The van der Waals surface area contributed by atoms with E-state index in [2.05, 4.69) is 10.6 Å². The lowest BCUT2D eigenvalue weighted by Gasteiger charge is -2.15. The molecule has 0 saturated carbocycles. The van der Waals surface area contributed by atoms with E-state index in [4.69, 9.17) is 9.84 Å². The van der Waals surface area contributed by atoms with Crippen LogP contribution in [0, 0.1) is 5.21 Å². The summed E-state index contributed by atoms with van der Waals surface area (Å²) in [5, 5.41) is 25.2. The second-order valence-corrected chi connectivity index (χ2v) is 5.74. The first-order chi connectivity index (χ1) is 11.0. The largest absolute Gasteiger partial charge is 0.735 e. The highest BCUT2D eigenvalue weighted by Gasteiger charge is 2.17. The molecule has 0 spiro atoms. The molecule has 8 heteroatoms. The molecule has 1 fully saturated rings. The second-order valence-electron chi connectivity index (χ2n) is 5.74. The monoisotopic (exact) mass is 329 g/mol. The molecule has 1 saturated heterocycles. The summed E-state index contributed by atoms with van der Waals surface area (Å²) >= 11 is 0. The molecule has 23 heavy (non-hydrogen) atoms. The molecule has 0 aliphatic carbocycles. The lowest BCUT2D eigenvalue weighted by atomic mass is 10.1. The summed E-state index contributed by atoms with van der Waals surface area (Å²) in [6, 6.07) is 0. The van der Waals surface area contributed by atoms with E-state index in [0.717, 1.165) is 38.5 Å². The van der Waals surface area contributed by atoms with Gasteiger partial charge in [-0.05, 0) is 19.8 Å². The van der Waals surface area contributed by atoms with Gasteiger partial charge in [0, 0.05) is 6.42 Å². The first kappa shape index (κ1) is 19.2. The summed E-state index contributed by atoms with van der Waals surface area (Å²) < 4.78 is 5.33. The zero-order chi connectivity index (χ0) is 17.1. The van der Waals surface area contributed by atoms with Crippen molar-refractivity contribution in [3.63, 3.8) is 0 Å². The molecule has 1 rings (SSSR count). The first-order valence-electron chi connectivity index (χ1n) is 8.23. The van der Waals surface area contributed by atoms with Crippen LogP contribution in [0.4, 0.5) is 4.79 Å². The number of carbonyl (C=O) groups is 2. The normalized spacial score (nSPS) is 25.1. The summed E-state index contributed by atoms with van der Waals surface area (Å²) in [7, 11) is 0. The minimum atomic E-state index is -1.68. The molecule has 0 aromatic rings. The Morgan fingerprint density at radius 2 is 1.91 bits per heavy atom. The van der Waals surface area contributed by atoms with Crippen molar-refractivity contribution >= 4 is 18.0 Å². The Morgan fingerprint density at radius 1 is 1.26 bits per heavy atom. The van der Waals surface area contributed by atoms with Crippen molar-refractivity contribution in [3.05, 3.63) is 5.21 Å². The number of amides is 2. The lowest BCUT2D eigenvalue weighted by molar-refractivity contribution is -0.374. The van der Waals surface area contributed by atoms with Crippen molar-refractivity contribution in [2.45, 2.75) is 64.4 Å². The first-order valence-corrected chi connectivity index (χ1v) is 8.23. The number of nitrogens with one attached hydrogen (secondary N) is 2. The van der Waals surface area contributed by atoms with Gasteiger partial charge in [-0.1, -0.05) is 32.1 Å². The minimum Gasteiger partial charge on any atom is -0.735 e. The fraction of sp³-hybridized carbons (Fsp3) is 0.800. The fourth-order valence-electron chi connectivity index (χ4n) is 2.39. The van der Waals surface area contributed by atoms with Gasteiger partial charge < -0.3 is 15.1 Å². The van der Waals surface area contributed by atoms with E-state index in [1.54, 1.807) is 0 Å². The summed E-state index contributed by atoms with van der Waals surface area (Å²) in [4.78, 5) is 22.6. The van der Waals surface area contributed by atoms with Gasteiger partial charge in [0.25, 0.3) is 5.91 Å². The highest BCUT2D eigenvalue weighted by Crippen LogP contribution is 2.11. The van der Waals surface area contributed by atoms with E-state index in [1.807, 2.05) is 6.92 Å². The van der Waals surface area contributed by atoms with Crippen LogP contribution in [0.25, 0.3) is 0 Å². The number of carboxylic acid groups (broad SMARTS) is 1. The average Bonchev–Trinajstić information content (AvgIpc) is 2.51. The van der Waals surface area contributed by atoms with Crippen molar-refractivity contribution < 1.29 is 24.2 Å². The van der Waals surface area contributed by atoms with Gasteiger partial charge in [-0.15, -0.1) is 0 Å². The Balaban J connectivity index is 2.64. The molecule has 1 aliphatic heterocycles. The molecule has 1 aliphatic rings. The standard InChI is InChI=1S/C15H27N3O5/c1-12-8-6-4-2-3-5-7-9-13(19)17-14(16-10-11-23-12)18(22)15(20)21/h12,16H,2-11H2,1H3,(H,17,19)(H,20,21)/b18-14-. The van der Waals surface area contributed by atoms with Crippen molar-refractivity contribution in [1.82, 2.24) is 10.6 Å². The van der Waals surface area contributed by atoms with Crippen LogP contribution in [-0.2, 0) is 9.53 Å². The van der Waals surface area contributed by atoms with Gasteiger partial charge in [-0.3, -0.25) is 10.1 Å². The summed E-state index contributed by atoms with van der Waals surface area (Å²) in [6.45, 7) is 2.56. The predicted molar refractivity (Wildman–Crippen MR) is 85.2 cm³/mol. The van der Waals surface area contributed by atoms with Gasteiger partial charge in [0.05, 0.1) is 19.3 Å². The van der Waals surface area contributed by atoms with Crippen LogP contribution in [-0.4, -0.2) is 47.1 Å². The highest BCUT2D eigenvalue weighted by atomic mass is 16.5. The third kappa shape index (κ3) is 8.39. The predicted octanol–water partition coefficient (Wildman–Crippen LogP) is 1.78. The van der Waals surface area contributed by atoms with Crippen LogP contribution in [0.1, 0.15) is 58.3 Å². The molecule has 8 nitrogen and oxygen atoms in total. The van der Waals surface area contributed by atoms with E-state index in [9.17, 15) is 14.8 Å². The van der Waals surface area contributed by atoms with Crippen LogP contribution in [0.15, 0.2) is 0 Å². The minimum absolute atomic E-state index is 0.116. The molecule has 3 N–H and O–H groups in total. The van der Waals surface area contributed by atoms with Crippen LogP contribution in [0.5, 0.6) is 0 Å². The van der Waals surface area contributed by atoms with E-state index in [-0.39, 0.29) is 35.7 Å². The van der Waals surface area contributed by atoms with Gasteiger partial charge in [0.15, 0.2) is 0 Å². The third-order valence-electron chi connectivity index (χ3n) is 3.70. The smallest absolute Gasteiger partial charge is 0.476 e. The number of hydrogen-bond acceptors (Lipinski definition) is 4. The molecule has 2 amide bonds. The number of rotatable bonds is 0. The number of guanidine groups is 1. The third-order valence-corrected chi connectivity index (χ3v) is 3.70. The molecule has 0 aromatic carbocycles. The van der Waals surface area contributed by atoms with Crippen LogP contribution in [0.3, 0.4) is 0 Å². The van der Waals surface area contributed by atoms with Crippen LogP contribution in [0.2, 0.25) is 0 Å². The van der Waals surface area contributed by atoms with Crippen molar-refractivity contribution in [2.24, 2.45) is 0 Å². The molecule has 132 valence electrons. The van der Waals surface area contributed by atoms with Gasteiger partial charge in [0.2, 0.25) is 0 Å².